The van der Waals surface area contributed by atoms with Crippen LogP contribution in [0.15, 0.2) is 42.5 Å². The summed E-state index contributed by atoms with van der Waals surface area (Å²) in [5, 5.41) is 3.01. The summed E-state index contributed by atoms with van der Waals surface area (Å²) < 4.78 is 0. The topological polar surface area (TPSA) is 49.4 Å². The van der Waals surface area contributed by atoms with Gasteiger partial charge in [0.15, 0.2) is 0 Å². The van der Waals surface area contributed by atoms with Crippen molar-refractivity contribution in [1.29, 1.82) is 0 Å². The van der Waals surface area contributed by atoms with Gasteiger partial charge in [-0.3, -0.25) is 9.59 Å². The summed E-state index contributed by atoms with van der Waals surface area (Å²) in [5.74, 6) is 0.125. The monoisotopic (exact) mass is 334 g/mol. The number of aryl methyl sites for hydroxylation is 2. The lowest BCUT2D eigenvalue weighted by atomic mass is 9.96. The fraction of sp³-hybridized carbons (Fsp3) is 0.333. The van der Waals surface area contributed by atoms with E-state index in [4.69, 9.17) is 0 Å². The van der Waals surface area contributed by atoms with Gasteiger partial charge < -0.3 is 10.2 Å². The minimum Gasteiger partial charge on any atom is -0.352 e. The lowest BCUT2D eigenvalue weighted by Crippen LogP contribution is -2.31. The number of anilines is 1. The van der Waals surface area contributed by atoms with Crippen molar-refractivity contribution in [3.63, 3.8) is 0 Å². The van der Waals surface area contributed by atoms with Gasteiger partial charge in [0.1, 0.15) is 0 Å². The van der Waals surface area contributed by atoms with Crippen molar-refractivity contribution in [3.8, 4) is 0 Å². The van der Waals surface area contributed by atoms with E-state index < -0.39 is 0 Å². The van der Waals surface area contributed by atoms with Crippen LogP contribution in [0.1, 0.15) is 39.9 Å². The molecule has 0 spiro atoms. The molecule has 2 aliphatic heterocycles. The van der Waals surface area contributed by atoms with E-state index in [0.717, 1.165) is 49.0 Å². The first-order valence-electron chi connectivity index (χ1n) is 9.00. The second kappa shape index (κ2) is 6.71. The van der Waals surface area contributed by atoms with Gasteiger partial charge in [-0.2, -0.15) is 0 Å². The molecule has 0 saturated carbocycles. The second-order valence-corrected chi connectivity index (χ2v) is 6.81. The maximum Gasteiger partial charge on any atom is 0.251 e. The third-order valence-corrected chi connectivity index (χ3v) is 5.04. The van der Waals surface area contributed by atoms with E-state index in [1.54, 1.807) is 0 Å². The normalized spacial score (nSPS) is 15.2. The quantitative estimate of drug-likeness (QED) is 0.855. The van der Waals surface area contributed by atoms with Crippen molar-refractivity contribution >= 4 is 17.5 Å². The van der Waals surface area contributed by atoms with Crippen molar-refractivity contribution in [3.05, 3.63) is 64.7 Å². The van der Waals surface area contributed by atoms with Gasteiger partial charge in [0, 0.05) is 18.7 Å². The highest BCUT2D eigenvalue weighted by atomic mass is 16.2. The van der Waals surface area contributed by atoms with Gasteiger partial charge in [0.05, 0.1) is 12.1 Å². The van der Waals surface area contributed by atoms with E-state index in [0.29, 0.717) is 18.5 Å². The van der Waals surface area contributed by atoms with Crippen molar-refractivity contribution < 1.29 is 9.59 Å². The first-order chi connectivity index (χ1) is 12.2. The van der Waals surface area contributed by atoms with Gasteiger partial charge in [-0.1, -0.05) is 30.3 Å². The van der Waals surface area contributed by atoms with Crippen LogP contribution in [-0.2, 0) is 24.1 Å². The van der Waals surface area contributed by atoms with Crippen LogP contribution in [-0.4, -0.2) is 24.9 Å². The predicted molar refractivity (Wildman–Crippen MR) is 97.9 cm³/mol. The molecule has 4 nitrogen and oxygen atoms in total. The zero-order valence-electron chi connectivity index (χ0n) is 14.3. The highest BCUT2D eigenvalue weighted by molar-refractivity contribution is 6.04. The Morgan fingerprint density at radius 2 is 1.92 bits per heavy atom. The van der Waals surface area contributed by atoms with E-state index in [1.807, 2.05) is 35.2 Å². The number of amides is 2. The number of hydrogen-bond acceptors (Lipinski definition) is 2. The van der Waals surface area contributed by atoms with Crippen LogP contribution >= 0.6 is 0 Å². The molecule has 0 radical (unpaired) electrons. The van der Waals surface area contributed by atoms with Crippen LogP contribution in [0.3, 0.4) is 0 Å². The Kier molecular flexibility index (Phi) is 4.26. The third-order valence-electron chi connectivity index (χ3n) is 5.04. The summed E-state index contributed by atoms with van der Waals surface area (Å²) in [6.45, 7) is 1.47. The van der Waals surface area contributed by atoms with Crippen molar-refractivity contribution in [1.82, 2.24) is 5.32 Å². The Morgan fingerprint density at radius 3 is 2.76 bits per heavy atom. The summed E-state index contributed by atoms with van der Waals surface area (Å²) in [4.78, 5) is 26.5. The van der Waals surface area contributed by atoms with Crippen LogP contribution in [0.4, 0.5) is 5.69 Å². The van der Waals surface area contributed by atoms with E-state index >= 15 is 0 Å². The smallest absolute Gasteiger partial charge is 0.251 e. The minimum absolute atomic E-state index is 0.0383. The highest BCUT2D eigenvalue weighted by Crippen LogP contribution is 2.37. The predicted octanol–water partition coefficient (Wildman–Crippen LogP) is 2.88. The summed E-state index contributed by atoms with van der Waals surface area (Å²) in [7, 11) is 0. The number of carbonyl (C=O) groups excluding carboxylic acids is 2. The molecule has 1 N–H and O–H groups in total. The molecule has 0 atom stereocenters. The molecule has 2 amide bonds. The van der Waals surface area contributed by atoms with Gasteiger partial charge in [-0.15, -0.1) is 0 Å². The molecule has 4 heteroatoms. The molecule has 0 saturated heterocycles. The van der Waals surface area contributed by atoms with Crippen LogP contribution in [0, 0.1) is 0 Å². The number of nitrogens with one attached hydrogen (secondary N) is 1. The molecule has 0 fully saturated rings. The zero-order valence-corrected chi connectivity index (χ0v) is 14.3. The molecule has 0 bridgehead atoms. The molecule has 0 aromatic heterocycles. The van der Waals surface area contributed by atoms with Crippen molar-refractivity contribution in [2.45, 2.75) is 32.1 Å². The molecule has 0 unspecified atom stereocenters. The second-order valence-electron chi connectivity index (χ2n) is 6.81. The van der Waals surface area contributed by atoms with Gasteiger partial charge in [-0.25, -0.2) is 0 Å². The van der Waals surface area contributed by atoms with E-state index in [-0.39, 0.29) is 11.8 Å². The number of carbonyl (C=O) groups is 2. The maximum absolute atomic E-state index is 12.5. The highest BCUT2D eigenvalue weighted by Gasteiger charge is 2.32. The Labute approximate surface area is 147 Å². The van der Waals surface area contributed by atoms with Gasteiger partial charge in [0.25, 0.3) is 5.91 Å². The summed E-state index contributed by atoms with van der Waals surface area (Å²) in [5.41, 5.74) is 5.19. The molecular weight excluding hydrogens is 312 g/mol. The van der Waals surface area contributed by atoms with Crippen LogP contribution < -0.4 is 10.2 Å². The van der Waals surface area contributed by atoms with E-state index in [1.165, 1.54) is 5.56 Å². The first-order valence-corrected chi connectivity index (χ1v) is 9.00. The minimum atomic E-state index is -0.0383. The SMILES string of the molecule is O=C(NCCCc1ccccc1)c1cc2c3c(c1)CC(=O)N3CCC2. The molecule has 4 rings (SSSR count). The maximum atomic E-state index is 12.5. The van der Waals surface area contributed by atoms with E-state index in [9.17, 15) is 9.59 Å². The summed E-state index contributed by atoms with van der Waals surface area (Å²) in [6, 6.07) is 14.2. The molecule has 0 aliphatic carbocycles. The number of rotatable bonds is 5. The molecule has 25 heavy (non-hydrogen) atoms. The fourth-order valence-corrected chi connectivity index (χ4v) is 3.85. The number of benzene rings is 2. The first kappa shape index (κ1) is 15.9. The lowest BCUT2D eigenvalue weighted by Gasteiger charge is -2.25. The van der Waals surface area contributed by atoms with Crippen LogP contribution in [0.2, 0.25) is 0 Å². The Balaban J connectivity index is 1.40. The molecule has 128 valence electrons. The van der Waals surface area contributed by atoms with E-state index in [2.05, 4.69) is 17.4 Å². The third kappa shape index (κ3) is 3.16. The van der Waals surface area contributed by atoms with Crippen LogP contribution in [0.5, 0.6) is 0 Å². The molecule has 2 aromatic rings. The Bertz CT molecular complexity index is 814. The summed E-state index contributed by atoms with van der Waals surface area (Å²) in [6.07, 6.45) is 4.22. The van der Waals surface area contributed by atoms with Gasteiger partial charge in [0.2, 0.25) is 5.91 Å². The standard InChI is InChI=1S/C21H22N2O2/c24-19-14-17-13-18(12-16-9-5-11-23(19)20(16)17)21(25)22-10-4-8-15-6-2-1-3-7-15/h1-3,6-7,12-13H,4-5,8-11,14H2,(H,22,25). The molecule has 2 aromatic carbocycles. The fourth-order valence-electron chi connectivity index (χ4n) is 3.85. The number of nitrogens with zero attached hydrogens (tertiary/aromatic N) is 1. The van der Waals surface area contributed by atoms with Gasteiger partial charge in [-0.05, 0) is 54.5 Å². The average Bonchev–Trinajstić information content (AvgIpc) is 2.97. The van der Waals surface area contributed by atoms with Crippen molar-refractivity contribution in [2.75, 3.05) is 18.0 Å². The van der Waals surface area contributed by atoms with Gasteiger partial charge >= 0.3 is 0 Å². The van der Waals surface area contributed by atoms with Crippen molar-refractivity contribution in [2.24, 2.45) is 0 Å². The van der Waals surface area contributed by atoms with Crippen LogP contribution in [0.25, 0.3) is 0 Å². The largest absolute Gasteiger partial charge is 0.352 e. The average molecular weight is 334 g/mol. The molecule has 2 heterocycles. The Morgan fingerprint density at radius 1 is 1.12 bits per heavy atom. The Hall–Kier alpha value is -2.62. The summed E-state index contributed by atoms with van der Waals surface area (Å²) >= 11 is 0. The number of hydrogen-bond donors (Lipinski definition) is 1. The molecular formula is C21H22N2O2. The molecule has 2 aliphatic rings. The lowest BCUT2D eigenvalue weighted by molar-refractivity contribution is -0.117. The zero-order chi connectivity index (χ0) is 17.2.